The number of hydrogen-bond donors (Lipinski definition) is 4. The van der Waals surface area contributed by atoms with Crippen LogP contribution < -0.4 is 16.8 Å². The number of thiazole rings is 1. The predicted octanol–water partition coefficient (Wildman–Crippen LogP) is 0.112. The van der Waals surface area contributed by atoms with Crippen molar-refractivity contribution in [3.8, 4) is 0 Å². The van der Waals surface area contributed by atoms with Gasteiger partial charge in [0.1, 0.15) is 36.0 Å². The van der Waals surface area contributed by atoms with Crippen LogP contribution >= 0.6 is 35.5 Å². The van der Waals surface area contributed by atoms with Crippen LogP contribution in [0.15, 0.2) is 21.8 Å². The summed E-state index contributed by atoms with van der Waals surface area (Å²) in [5.41, 5.74) is 10.5. The molecule has 2 aliphatic heterocycles. The van der Waals surface area contributed by atoms with E-state index in [0.29, 0.717) is 6.42 Å². The normalized spacial score (nSPS) is 19.7. The number of thioether (sulfide) groups is 1. The highest BCUT2D eigenvalue weighted by molar-refractivity contribution is 8.00. The van der Waals surface area contributed by atoms with E-state index in [1.165, 1.54) is 17.1 Å². The van der Waals surface area contributed by atoms with Gasteiger partial charge in [-0.25, -0.2) is 14.6 Å². The zero-order valence-corrected chi connectivity index (χ0v) is 19.6. The van der Waals surface area contributed by atoms with E-state index in [-0.39, 0.29) is 59.2 Å². The Morgan fingerprint density at radius 2 is 2.15 bits per heavy atom. The minimum Gasteiger partial charge on any atom is -0.477 e. The largest absolute Gasteiger partial charge is 0.477 e. The summed E-state index contributed by atoms with van der Waals surface area (Å²) in [4.78, 5) is 58.4. The number of nitrogens with zero attached hydrogens (tertiary/aromatic N) is 3. The van der Waals surface area contributed by atoms with Crippen LogP contribution in [0.3, 0.4) is 0 Å². The average Bonchev–Trinajstić information content (AvgIpc) is 3.18. The first-order chi connectivity index (χ1) is 15.2. The lowest BCUT2D eigenvalue weighted by Gasteiger charge is -2.49. The number of β-lactam (4-membered cyclic amide) rings is 1. The second-order valence-electron chi connectivity index (χ2n) is 6.57. The van der Waals surface area contributed by atoms with Crippen LogP contribution in [0.5, 0.6) is 0 Å². The molecule has 1 saturated heterocycles. The van der Waals surface area contributed by atoms with Gasteiger partial charge in [0, 0.05) is 16.7 Å². The van der Waals surface area contributed by atoms with E-state index in [4.69, 9.17) is 16.3 Å². The van der Waals surface area contributed by atoms with Crippen molar-refractivity contribution in [1.29, 1.82) is 0 Å². The Bertz CT molecular complexity index is 1010. The summed E-state index contributed by atoms with van der Waals surface area (Å²) < 4.78 is 4.68. The van der Waals surface area contributed by atoms with E-state index >= 15 is 0 Å². The summed E-state index contributed by atoms with van der Waals surface area (Å²) in [5.74, 6) is -2.53. The molecule has 13 nitrogen and oxygen atoms in total. The quantitative estimate of drug-likeness (QED) is 0.150. The molecule has 1 fully saturated rings. The highest BCUT2D eigenvalue weighted by Crippen LogP contribution is 2.40. The number of halogens is 1. The van der Waals surface area contributed by atoms with Crippen LogP contribution in [-0.2, 0) is 24.0 Å². The van der Waals surface area contributed by atoms with Crippen LogP contribution in [0.4, 0.5) is 9.93 Å². The van der Waals surface area contributed by atoms with Crippen molar-refractivity contribution in [2.75, 3.05) is 24.7 Å². The molecule has 0 aromatic carbocycles. The van der Waals surface area contributed by atoms with Gasteiger partial charge < -0.3 is 31.5 Å². The molecule has 0 radical (unpaired) electrons. The Morgan fingerprint density at radius 3 is 2.73 bits per heavy atom. The number of nitrogen functional groups attached to an aromatic ring is 1. The molecule has 3 rings (SSSR count). The van der Waals surface area contributed by atoms with Gasteiger partial charge in [-0.3, -0.25) is 14.5 Å². The lowest BCUT2D eigenvalue weighted by atomic mass is 10.0. The van der Waals surface area contributed by atoms with Crippen molar-refractivity contribution in [1.82, 2.24) is 15.2 Å². The molecule has 6 N–H and O–H groups in total. The Labute approximate surface area is 201 Å². The number of hydrogen-bond acceptors (Lipinski definition) is 11. The number of amides is 3. The monoisotopic (exact) mass is 520 g/mol. The number of carboxylic acids is 1. The van der Waals surface area contributed by atoms with Crippen LogP contribution in [0, 0.1) is 0 Å². The zero-order chi connectivity index (χ0) is 23.4. The van der Waals surface area contributed by atoms with Crippen molar-refractivity contribution < 1.29 is 33.9 Å². The van der Waals surface area contributed by atoms with Gasteiger partial charge in [-0.2, -0.15) is 0 Å². The topological polar surface area (TPSA) is 200 Å². The number of carbonyl (C=O) groups excluding carboxylic acids is 3. The van der Waals surface area contributed by atoms with Crippen molar-refractivity contribution in [3.63, 3.8) is 0 Å². The smallest absolute Gasteiger partial charge is 0.404 e. The Morgan fingerprint density at radius 1 is 1.42 bits per heavy atom. The standard InChI is InChI=1S/C17H20N6O7S2.ClH/c1-2-3-30-22-9(8-6-32-16(18)20-8)12(24)21-10-13(25)23-11(15(26)27)7(4-29-17(19)28)5-31-14(10)23;/h6,10,14H,2-5H2,1H3,(H2,18,20)(H2,19,28)(H,21,24)(H,26,27);1H/b22-9+;/t10?,14-;/m1./s1. The van der Waals surface area contributed by atoms with Crippen molar-refractivity contribution >= 4 is 70.2 Å². The van der Waals surface area contributed by atoms with Crippen LogP contribution in [0.1, 0.15) is 19.0 Å². The Balaban J connectivity index is 0.00000385. The molecule has 2 atom stereocenters. The summed E-state index contributed by atoms with van der Waals surface area (Å²) in [5, 5.41) is 17.1. The molecule has 3 heterocycles. The summed E-state index contributed by atoms with van der Waals surface area (Å²) in [6, 6.07) is -0.993. The number of aromatic nitrogens is 1. The number of aliphatic carboxylic acids is 1. The fourth-order valence-electron chi connectivity index (χ4n) is 2.96. The third-order valence-electron chi connectivity index (χ3n) is 4.36. The molecule has 3 amide bonds. The zero-order valence-electron chi connectivity index (χ0n) is 17.2. The third kappa shape index (κ3) is 5.66. The molecule has 2 aliphatic rings. The molecule has 16 heteroatoms. The second kappa shape index (κ2) is 11.2. The number of nitrogens with one attached hydrogen (secondary N) is 1. The van der Waals surface area contributed by atoms with Gasteiger partial charge >= 0.3 is 12.1 Å². The Hall–Kier alpha value is -3.04. The minimum atomic E-state index is -1.36. The lowest BCUT2D eigenvalue weighted by Crippen LogP contribution is -2.71. The van der Waals surface area contributed by atoms with Gasteiger partial charge in [-0.15, -0.1) is 35.5 Å². The van der Waals surface area contributed by atoms with Crippen LogP contribution in [-0.4, -0.2) is 75.0 Å². The van der Waals surface area contributed by atoms with Crippen molar-refractivity contribution in [3.05, 3.63) is 22.3 Å². The Kier molecular flexibility index (Phi) is 8.90. The number of carbonyl (C=O) groups is 4. The molecule has 0 saturated carbocycles. The highest BCUT2D eigenvalue weighted by Gasteiger charge is 2.54. The summed E-state index contributed by atoms with van der Waals surface area (Å²) in [7, 11) is 0. The molecule has 33 heavy (non-hydrogen) atoms. The number of carboxylic acid groups (broad SMARTS) is 1. The molecular formula is C17H21ClN6O7S2. The van der Waals surface area contributed by atoms with Crippen molar-refractivity contribution in [2.45, 2.75) is 24.8 Å². The first-order valence-electron chi connectivity index (χ1n) is 9.29. The van der Waals surface area contributed by atoms with Gasteiger partial charge in [0.2, 0.25) is 0 Å². The first-order valence-corrected chi connectivity index (χ1v) is 11.2. The maximum Gasteiger partial charge on any atom is 0.404 e. The molecular weight excluding hydrogens is 500 g/mol. The molecule has 1 unspecified atom stereocenters. The SMILES string of the molecule is CCCO/N=C(/C(=O)NC1C(=O)N2C(C(=O)O)=C(COC(N)=O)CS[C@H]12)c1csc(N)n1.Cl. The number of nitrogens with two attached hydrogens (primary N) is 2. The van der Waals surface area contributed by atoms with Gasteiger partial charge in [-0.05, 0) is 6.42 Å². The fraction of sp³-hybridized carbons (Fsp3) is 0.412. The van der Waals surface area contributed by atoms with Crippen LogP contribution in [0.2, 0.25) is 0 Å². The maximum absolute atomic E-state index is 12.8. The van der Waals surface area contributed by atoms with Crippen LogP contribution in [0.25, 0.3) is 0 Å². The molecule has 1 aromatic rings. The molecule has 0 aliphatic carbocycles. The van der Waals surface area contributed by atoms with E-state index in [2.05, 4.69) is 20.2 Å². The average molecular weight is 521 g/mol. The van der Waals surface area contributed by atoms with Gasteiger partial charge in [-0.1, -0.05) is 12.1 Å². The molecule has 180 valence electrons. The minimum absolute atomic E-state index is 0. The third-order valence-corrected chi connectivity index (χ3v) is 6.37. The van der Waals surface area contributed by atoms with E-state index in [1.54, 1.807) is 0 Å². The fourth-order valence-corrected chi connectivity index (χ4v) is 4.84. The van der Waals surface area contributed by atoms with Gasteiger partial charge in [0.25, 0.3) is 11.8 Å². The summed E-state index contributed by atoms with van der Waals surface area (Å²) in [6.45, 7) is 1.79. The van der Waals surface area contributed by atoms with E-state index in [0.717, 1.165) is 16.2 Å². The summed E-state index contributed by atoms with van der Waals surface area (Å²) >= 11 is 2.33. The summed E-state index contributed by atoms with van der Waals surface area (Å²) in [6.07, 6.45) is -0.396. The highest BCUT2D eigenvalue weighted by atomic mass is 35.5. The van der Waals surface area contributed by atoms with Gasteiger partial charge in [0.05, 0.1) is 0 Å². The molecule has 0 spiro atoms. The number of rotatable bonds is 9. The number of primary amides is 1. The van der Waals surface area contributed by atoms with E-state index in [9.17, 15) is 24.3 Å². The van der Waals surface area contributed by atoms with E-state index in [1.807, 2.05) is 6.92 Å². The predicted molar refractivity (Wildman–Crippen MR) is 122 cm³/mol. The number of fused-ring (bicyclic) bond motifs is 1. The maximum atomic E-state index is 12.8. The van der Waals surface area contributed by atoms with Crippen molar-refractivity contribution in [2.24, 2.45) is 10.9 Å². The lowest BCUT2D eigenvalue weighted by molar-refractivity contribution is -0.150. The van der Waals surface area contributed by atoms with E-state index < -0.39 is 35.3 Å². The number of ether oxygens (including phenoxy) is 1. The second-order valence-corrected chi connectivity index (χ2v) is 8.56. The van der Waals surface area contributed by atoms with Gasteiger partial charge in [0.15, 0.2) is 10.8 Å². The number of oxime groups is 1. The number of anilines is 1. The first kappa shape index (κ1) is 26.2. The molecule has 1 aromatic heterocycles. The molecule has 0 bridgehead atoms.